The molecular formula is C25H31N7O3S. The molecule has 2 aromatic heterocycles. The van der Waals surface area contributed by atoms with Crippen LogP contribution in [0, 0.1) is 5.92 Å². The summed E-state index contributed by atoms with van der Waals surface area (Å²) >= 11 is 1.56. The van der Waals surface area contributed by atoms with Crippen molar-refractivity contribution in [3.8, 4) is 0 Å². The molecule has 0 radical (unpaired) electrons. The van der Waals surface area contributed by atoms with Gasteiger partial charge in [0, 0.05) is 23.8 Å². The number of benzene rings is 1. The van der Waals surface area contributed by atoms with Gasteiger partial charge in [-0.3, -0.25) is 4.79 Å². The second kappa shape index (κ2) is 9.60. The number of hydrogen-bond donors (Lipinski definition) is 4. The minimum atomic E-state index is -1.17. The van der Waals surface area contributed by atoms with E-state index in [1.165, 1.54) is 5.56 Å². The van der Waals surface area contributed by atoms with E-state index >= 15 is 0 Å². The Balaban J connectivity index is 1.28. The van der Waals surface area contributed by atoms with Crippen LogP contribution in [0.1, 0.15) is 56.6 Å². The van der Waals surface area contributed by atoms with Gasteiger partial charge in [0.05, 0.1) is 18.1 Å². The molecule has 0 aliphatic heterocycles. The molecule has 36 heavy (non-hydrogen) atoms. The number of aromatic nitrogens is 5. The Morgan fingerprint density at radius 2 is 1.94 bits per heavy atom. The van der Waals surface area contributed by atoms with E-state index < -0.39 is 24.2 Å². The van der Waals surface area contributed by atoms with Crippen molar-refractivity contribution in [1.82, 2.24) is 30.3 Å². The third-order valence-corrected chi connectivity index (χ3v) is 8.36. The highest BCUT2D eigenvalue weighted by Gasteiger charge is 2.48. The van der Waals surface area contributed by atoms with Crippen LogP contribution in [0.15, 0.2) is 35.5 Å². The Kier molecular flexibility index (Phi) is 6.30. The SMILES string of the molecule is CCCSc1nc(NC2CC2c2ccccc2)c2nnn(C3CC(C(=O)NC4CC4)C(O)C3O)c2n1. The maximum absolute atomic E-state index is 12.7. The molecule has 2 heterocycles. The highest BCUT2D eigenvalue weighted by atomic mass is 32.2. The number of aliphatic hydroxyl groups excluding tert-OH is 2. The van der Waals surface area contributed by atoms with E-state index in [0.29, 0.717) is 28.1 Å². The first-order chi connectivity index (χ1) is 17.5. The Morgan fingerprint density at radius 3 is 2.69 bits per heavy atom. The van der Waals surface area contributed by atoms with Gasteiger partial charge in [0.2, 0.25) is 5.91 Å². The van der Waals surface area contributed by atoms with E-state index in [2.05, 4.69) is 52.1 Å². The van der Waals surface area contributed by atoms with E-state index in [1.807, 2.05) is 6.07 Å². The van der Waals surface area contributed by atoms with Gasteiger partial charge < -0.3 is 20.8 Å². The molecule has 0 spiro atoms. The molecule has 190 valence electrons. The van der Waals surface area contributed by atoms with Crippen molar-refractivity contribution in [2.45, 2.75) is 80.4 Å². The van der Waals surface area contributed by atoms with Crippen LogP contribution in [0.4, 0.5) is 5.82 Å². The fourth-order valence-electron chi connectivity index (χ4n) is 5.04. The fraction of sp³-hybridized carbons (Fsp3) is 0.560. The lowest BCUT2D eigenvalue weighted by molar-refractivity contribution is -0.129. The average molecular weight is 510 g/mol. The van der Waals surface area contributed by atoms with Crippen LogP contribution in [0.3, 0.4) is 0 Å². The van der Waals surface area contributed by atoms with E-state index in [9.17, 15) is 15.0 Å². The van der Waals surface area contributed by atoms with Crippen LogP contribution in [0.25, 0.3) is 11.2 Å². The zero-order valence-corrected chi connectivity index (χ0v) is 20.9. The van der Waals surface area contributed by atoms with Crippen molar-refractivity contribution in [2.75, 3.05) is 11.1 Å². The summed E-state index contributed by atoms with van der Waals surface area (Å²) in [6.45, 7) is 2.11. The summed E-state index contributed by atoms with van der Waals surface area (Å²) < 4.78 is 1.57. The number of rotatable bonds is 9. The van der Waals surface area contributed by atoms with Crippen molar-refractivity contribution >= 4 is 34.7 Å². The molecule has 0 bridgehead atoms. The van der Waals surface area contributed by atoms with Crippen molar-refractivity contribution in [3.05, 3.63) is 35.9 Å². The quantitative estimate of drug-likeness (QED) is 0.253. The van der Waals surface area contributed by atoms with E-state index in [0.717, 1.165) is 31.4 Å². The molecule has 11 heteroatoms. The first-order valence-electron chi connectivity index (χ1n) is 12.8. The molecule has 3 aliphatic rings. The topological polar surface area (TPSA) is 138 Å². The second-order valence-electron chi connectivity index (χ2n) is 10.1. The number of hydrogen-bond acceptors (Lipinski definition) is 9. The number of fused-ring (bicyclic) bond motifs is 1. The smallest absolute Gasteiger partial charge is 0.226 e. The van der Waals surface area contributed by atoms with Gasteiger partial charge in [-0.15, -0.1) is 5.10 Å². The van der Waals surface area contributed by atoms with Crippen LogP contribution in [0.5, 0.6) is 0 Å². The zero-order valence-electron chi connectivity index (χ0n) is 20.1. The van der Waals surface area contributed by atoms with Gasteiger partial charge in [-0.05, 0) is 37.7 Å². The van der Waals surface area contributed by atoms with Gasteiger partial charge in [0.15, 0.2) is 22.1 Å². The molecule has 6 unspecified atom stereocenters. The largest absolute Gasteiger partial charge is 0.390 e. The number of carbonyl (C=O) groups is 1. The monoisotopic (exact) mass is 509 g/mol. The number of thioether (sulfide) groups is 1. The third kappa shape index (κ3) is 4.55. The Bertz CT molecular complexity index is 1250. The molecule has 3 saturated carbocycles. The Hall–Kier alpha value is -2.76. The van der Waals surface area contributed by atoms with Gasteiger partial charge in [0.1, 0.15) is 6.10 Å². The average Bonchev–Trinajstić information content (AvgIpc) is 3.79. The Labute approximate surface area is 213 Å². The van der Waals surface area contributed by atoms with Crippen LogP contribution in [0.2, 0.25) is 0 Å². The number of carbonyl (C=O) groups excluding carboxylic acids is 1. The van der Waals surface area contributed by atoms with Crippen LogP contribution < -0.4 is 10.6 Å². The molecular weight excluding hydrogens is 478 g/mol. The lowest BCUT2D eigenvalue weighted by atomic mass is 10.0. The van der Waals surface area contributed by atoms with Crippen molar-refractivity contribution in [1.29, 1.82) is 0 Å². The molecule has 6 rings (SSSR count). The molecule has 4 N–H and O–H groups in total. The molecule has 6 atom stereocenters. The van der Waals surface area contributed by atoms with Gasteiger partial charge in [-0.2, -0.15) is 0 Å². The van der Waals surface area contributed by atoms with Gasteiger partial charge in [-0.1, -0.05) is 54.2 Å². The second-order valence-corrected chi connectivity index (χ2v) is 11.1. The minimum absolute atomic E-state index is 0.190. The number of nitrogens with zero attached hydrogens (tertiary/aromatic N) is 5. The number of aliphatic hydroxyl groups is 2. The standard InChI is InChI=1S/C25H31N7O3S/c1-2-10-36-25-28-22(27-17-11-15(17)13-6-4-3-5-7-13)19-23(29-25)32(31-30-19)18-12-16(20(33)21(18)34)24(35)26-14-8-9-14/h3-7,14-18,20-21,33-34H,2,8-12H2,1H3,(H,26,35)(H,27,28,29). The fourth-order valence-corrected chi connectivity index (χ4v) is 5.73. The summed E-state index contributed by atoms with van der Waals surface area (Å²) in [7, 11) is 0. The lowest BCUT2D eigenvalue weighted by Crippen LogP contribution is -2.39. The normalized spacial score (nSPS) is 29.4. The molecule has 0 saturated heterocycles. The summed E-state index contributed by atoms with van der Waals surface area (Å²) in [5.41, 5.74) is 2.33. The molecule has 3 aliphatic carbocycles. The summed E-state index contributed by atoms with van der Waals surface area (Å²) in [5.74, 6) is 1.00. The Morgan fingerprint density at radius 1 is 1.14 bits per heavy atom. The van der Waals surface area contributed by atoms with Crippen molar-refractivity contribution in [2.24, 2.45) is 5.92 Å². The predicted octanol–water partition coefficient (Wildman–Crippen LogP) is 2.25. The zero-order chi connectivity index (χ0) is 24.8. The summed E-state index contributed by atoms with van der Waals surface area (Å²) in [6, 6.07) is 10.2. The van der Waals surface area contributed by atoms with Crippen LogP contribution >= 0.6 is 11.8 Å². The van der Waals surface area contributed by atoms with E-state index in [4.69, 9.17) is 9.97 Å². The predicted molar refractivity (Wildman–Crippen MR) is 136 cm³/mol. The minimum Gasteiger partial charge on any atom is -0.390 e. The van der Waals surface area contributed by atoms with Gasteiger partial charge >= 0.3 is 0 Å². The number of amides is 1. The molecule has 1 aromatic carbocycles. The van der Waals surface area contributed by atoms with Crippen molar-refractivity contribution in [3.63, 3.8) is 0 Å². The van der Waals surface area contributed by atoms with E-state index in [-0.39, 0.29) is 24.4 Å². The third-order valence-electron chi connectivity index (χ3n) is 7.31. The number of anilines is 1. The summed E-state index contributed by atoms with van der Waals surface area (Å²) in [4.78, 5) is 22.1. The van der Waals surface area contributed by atoms with Crippen LogP contribution in [-0.2, 0) is 4.79 Å². The summed E-state index contributed by atoms with van der Waals surface area (Å²) in [6.07, 6.45) is 1.87. The van der Waals surface area contributed by atoms with Gasteiger partial charge in [0.25, 0.3) is 0 Å². The van der Waals surface area contributed by atoms with E-state index in [1.54, 1.807) is 16.4 Å². The highest BCUT2D eigenvalue weighted by molar-refractivity contribution is 7.99. The first-order valence-corrected chi connectivity index (χ1v) is 13.8. The molecule has 10 nitrogen and oxygen atoms in total. The lowest BCUT2D eigenvalue weighted by Gasteiger charge is -2.17. The maximum atomic E-state index is 12.7. The maximum Gasteiger partial charge on any atom is 0.226 e. The van der Waals surface area contributed by atoms with Crippen LogP contribution in [-0.4, -0.2) is 71.1 Å². The molecule has 3 fully saturated rings. The molecule has 1 amide bonds. The first kappa shape index (κ1) is 23.6. The molecule has 3 aromatic rings. The highest BCUT2D eigenvalue weighted by Crippen LogP contribution is 2.44. The number of nitrogens with one attached hydrogen (secondary N) is 2. The summed E-state index contributed by atoms with van der Waals surface area (Å²) in [5, 5.41) is 37.3. The van der Waals surface area contributed by atoms with Crippen molar-refractivity contribution < 1.29 is 15.0 Å². The van der Waals surface area contributed by atoms with Gasteiger partial charge in [-0.25, -0.2) is 14.6 Å².